The fourth-order valence-electron chi connectivity index (χ4n) is 2.22. The van der Waals surface area contributed by atoms with Gasteiger partial charge in [0.2, 0.25) is 0 Å². The Kier molecular flexibility index (Phi) is 4.76. The molecule has 0 aliphatic heterocycles. The molecule has 0 amide bonds. The maximum Gasteiger partial charge on any atom is 0.320 e. The number of hydrogen-bond acceptors (Lipinski definition) is 7. The Labute approximate surface area is 153 Å². The normalized spacial score (nSPS) is 10.7. The number of aromatic nitrogens is 3. The van der Waals surface area contributed by atoms with Gasteiger partial charge in [0.25, 0.3) is 5.89 Å². The molecule has 1 aromatic carbocycles. The third-order valence-corrected chi connectivity index (χ3v) is 5.58. The molecule has 0 saturated carbocycles. The Morgan fingerprint density at radius 1 is 1.00 bits per heavy atom. The Morgan fingerprint density at radius 3 is 2.68 bits per heavy atom. The van der Waals surface area contributed by atoms with Crippen molar-refractivity contribution in [1.29, 1.82) is 0 Å². The summed E-state index contributed by atoms with van der Waals surface area (Å²) in [4.78, 5) is 6.17. The first-order chi connectivity index (χ1) is 12.4. The molecule has 3 aromatic heterocycles. The van der Waals surface area contributed by atoms with Crippen LogP contribution in [0.3, 0.4) is 0 Å². The summed E-state index contributed by atoms with van der Waals surface area (Å²) in [5.74, 6) is 1.40. The topological polar surface area (TPSA) is 63.8 Å². The predicted molar refractivity (Wildman–Crippen MR) is 101 cm³/mol. The van der Waals surface area contributed by atoms with Crippen LogP contribution >= 0.6 is 23.1 Å². The van der Waals surface area contributed by atoms with Crippen molar-refractivity contribution in [3.8, 4) is 10.8 Å². The summed E-state index contributed by atoms with van der Waals surface area (Å²) >= 11 is 3.35. The summed E-state index contributed by atoms with van der Waals surface area (Å²) in [5.41, 5.74) is 2.14. The van der Waals surface area contributed by atoms with Crippen molar-refractivity contribution in [3.63, 3.8) is 0 Å². The Bertz CT molecular complexity index is 938. The summed E-state index contributed by atoms with van der Waals surface area (Å²) in [6.07, 6.45) is 3.62. The molecule has 5 nitrogen and oxygen atoms in total. The highest BCUT2D eigenvalue weighted by Crippen LogP contribution is 2.37. The number of hydrogen-bond donors (Lipinski definition) is 1. The lowest BCUT2D eigenvalue weighted by Crippen LogP contribution is -1.88. The zero-order valence-electron chi connectivity index (χ0n) is 13.1. The van der Waals surface area contributed by atoms with E-state index in [0.29, 0.717) is 11.9 Å². The maximum absolute atomic E-state index is 5.78. The Hall–Kier alpha value is -2.64. The molecular weight excluding hydrogens is 352 g/mol. The summed E-state index contributed by atoms with van der Waals surface area (Å²) < 4.78 is 5.78. The number of anilines is 2. The predicted octanol–water partition coefficient (Wildman–Crippen LogP) is 5.23. The van der Waals surface area contributed by atoms with Crippen LogP contribution in [0.4, 0.5) is 11.7 Å². The maximum atomic E-state index is 5.78. The van der Waals surface area contributed by atoms with Crippen molar-refractivity contribution in [1.82, 2.24) is 15.2 Å². The van der Waals surface area contributed by atoms with Crippen molar-refractivity contribution in [2.75, 3.05) is 5.32 Å². The van der Waals surface area contributed by atoms with E-state index in [-0.39, 0.29) is 0 Å². The molecule has 0 fully saturated rings. The van der Waals surface area contributed by atoms with Gasteiger partial charge in [0, 0.05) is 28.7 Å². The first-order valence-electron chi connectivity index (χ1n) is 7.63. The molecule has 0 spiro atoms. The zero-order chi connectivity index (χ0) is 16.9. The van der Waals surface area contributed by atoms with Gasteiger partial charge in [-0.15, -0.1) is 28.2 Å². The smallest absolute Gasteiger partial charge is 0.320 e. The van der Waals surface area contributed by atoms with E-state index in [1.165, 1.54) is 5.56 Å². The van der Waals surface area contributed by atoms with Crippen molar-refractivity contribution in [3.05, 3.63) is 71.9 Å². The molecule has 0 saturated heterocycles. The van der Waals surface area contributed by atoms with Crippen LogP contribution in [0.2, 0.25) is 0 Å². The van der Waals surface area contributed by atoms with Crippen molar-refractivity contribution in [2.24, 2.45) is 0 Å². The minimum atomic E-state index is 0.389. The molecule has 1 N–H and O–H groups in total. The van der Waals surface area contributed by atoms with Crippen molar-refractivity contribution < 1.29 is 4.42 Å². The van der Waals surface area contributed by atoms with E-state index in [0.717, 1.165) is 21.2 Å². The van der Waals surface area contributed by atoms with Crippen LogP contribution in [-0.4, -0.2) is 15.2 Å². The number of pyridine rings is 1. The van der Waals surface area contributed by atoms with Crippen LogP contribution in [0.1, 0.15) is 5.56 Å². The van der Waals surface area contributed by atoms with Crippen LogP contribution in [0.15, 0.2) is 75.6 Å². The minimum Gasteiger partial charge on any atom is -0.402 e. The Morgan fingerprint density at radius 2 is 1.84 bits per heavy atom. The van der Waals surface area contributed by atoms with E-state index in [1.54, 1.807) is 23.1 Å². The van der Waals surface area contributed by atoms with Gasteiger partial charge in [-0.2, -0.15) is 0 Å². The average molecular weight is 366 g/mol. The van der Waals surface area contributed by atoms with Crippen LogP contribution in [-0.2, 0) is 5.75 Å². The lowest BCUT2D eigenvalue weighted by atomic mass is 10.3. The second kappa shape index (κ2) is 7.50. The number of benzene rings is 1. The number of thiophene rings is 1. The summed E-state index contributed by atoms with van der Waals surface area (Å²) in [6.45, 7) is 0. The fourth-order valence-corrected chi connectivity index (χ4v) is 4.23. The van der Waals surface area contributed by atoms with Gasteiger partial charge < -0.3 is 9.73 Å². The average Bonchev–Trinajstić information content (AvgIpc) is 3.31. The highest BCUT2D eigenvalue weighted by molar-refractivity contribution is 7.98. The summed E-state index contributed by atoms with van der Waals surface area (Å²) in [5, 5.41) is 13.4. The molecule has 0 atom stereocenters. The molecule has 0 unspecified atom stereocenters. The van der Waals surface area contributed by atoms with E-state index >= 15 is 0 Å². The fraction of sp³-hybridized carbons (Fsp3) is 0.0556. The minimum absolute atomic E-state index is 0.389. The standard InChI is InChI=1S/C18H14N4OS2/c1-2-4-14(5-3-1)20-18-22-21-17(23-18)16-15(8-11-24-16)25-12-13-6-9-19-10-7-13/h1-11H,12H2,(H,20,22). The van der Waals surface area contributed by atoms with Gasteiger partial charge >= 0.3 is 6.01 Å². The molecular formula is C18H14N4OS2. The first-order valence-corrected chi connectivity index (χ1v) is 9.50. The van der Waals surface area contributed by atoms with Gasteiger partial charge in [-0.05, 0) is 41.3 Å². The molecule has 3 heterocycles. The van der Waals surface area contributed by atoms with E-state index in [4.69, 9.17) is 4.42 Å². The van der Waals surface area contributed by atoms with Gasteiger partial charge in [0.15, 0.2) is 0 Å². The second-order valence-electron chi connectivity index (χ2n) is 5.16. The largest absolute Gasteiger partial charge is 0.402 e. The second-order valence-corrected chi connectivity index (χ2v) is 7.09. The molecule has 0 aliphatic carbocycles. The Balaban J connectivity index is 1.48. The van der Waals surface area contributed by atoms with Crippen molar-refractivity contribution >= 4 is 34.8 Å². The monoisotopic (exact) mass is 366 g/mol. The van der Waals surface area contributed by atoms with Crippen molar-refractivity contribution in [2.45, 2.75) is 10.6 Å². The molecule has 124 valence electrons. The van der Waals surface area contributed by atoms with Gasteiger partial charge in [-0.3, -0.25) is 4.98 Å². The van der Waals surface area contributed by atoms with Gasteiger partial charge in [0.05, 0.1) is 0 Å². The molecule has 0 bridgehead atoms. The first kappa shape index (κ1) is 15.9. The van der Waals surface area contributed by atoms with Gasteiger partial charge in [0.1, 0.15) is 4.88 Å². The van der Waals surface area contributed by atoms with E-state index in [2.05, 4.69) is 26.6 Å². The summed E-state index contributed by atoms with van der Waals surface area (Å²) in [7, 11) is 0. The van der Waals surface area contributed by atoms with Crippen LogP contribution in [0.5, 0.6) is 0 Å². The molecule has 25 heavy (non-hydrogen) atoms. The quantitative estimate of drug-likeness (QED) is 0.472. The van der Waals surface area contributed by atoms with Gasteiger partial charge in [-0.25, -0.2) is 0 Å². The third-order valence-electron chi connectivity index (χ3n) is 3.42. The summed E-state index contributed by atoms with van der Waals surface area (Å²) in [6, 6.07) is 16.3. The highest BCUT2D eigenvalue weighted by atomic mass is 32.2. The van der Waals surface area contributed by atoms with E-state index in [9.17, 15) is 0 Å². The highest BCUT2D eigenvalue weighted by Gasteiger charge is 2.15. The number of nitrogens with zero attached hydrogens (tertiary/aromatic N) is 3. The SMILES string of the molecule is c1ccc(Nc2nnc(-c3sccc3SCc3ccncc3)o2)cc1. The lowest BCUT2D eigenvalue weighted by Gasteiger charge is -2.01. The van der Waals surface area contributed by atoms with E-state index < -0.39 is 0 Å². The number of nitrogens with one attached hydrogen (secondary N) is 1. The van der Waals surface area contributed by atoms with Crippen LogP contribution < -0.4 is 5.32 Å². The van der Waals surface area contributed by atoms with Gasteiger partial charge in [-0.1, -0.05) is 23.3 Å². The molecule has 0 radical (unpaired) electrons. The van der Waals surface area contributed by atoms with Crippen LogP contribution in [0.25, 0.3) is 10.8 Å². The van der Waals surface area contributed by atoms with E-state index in [1.807, 2.05) is 60.2 Å². The number of rotatable bonds is 6. The van der Waals surface area contributed by atoms with Crippen LogP contribution in [0, 0.1) is 0 Å². The molecule has 0 aliphatic rings. The zero-order valence-corrected chi connectivity index (χ0v) is 14.8. The lowest BCUT2D eigenvalue weighted by molar-refractivity contribution is 0.588. The molecule has 4 aromatic rings. The number of para-hydroxylation sites is 1. The number of thioether (sulfide) groups is 1. The third kappa shape index (κ3) is 3.89. The molecule has 7 heteroatoms. The molecule has 4 rings (SSSR count).